The van der Waals surface area contributed by atoms with Gasteiger partial charge in [0.2, 0.25) is 0 Å². The van der Waals surface area contributed by atoms with Gasteiger partial charge in [-0.2, -0.15) is 0 Å². The predicted molar refractivity (Wildman–Crippen MR) is 76.1 cm³/mol. The second-order valence-corrected chi connectivity index (χ2v) is 6.07. The first-order valence-corrected chi connectivity index (χ1v) is 6.99. The molecule has 0 spiro atoms. The maximum Gasteiger partial charge on any atom is 0.328 e. The quantitative estimate of drug-likeness (QED) is 0.849. The Kier molecular flexibility index (Phi) is 4.31. The van der Waals surface area contributed by atoms with Crippen LogP contribution in [-0.4, -0.2) is 22.0 Å². The largest absolute Gasteiger partial charge is 0.478 e. The zero-order chi connectivity index (χ0) is 13.8. The van der Waals surface area contributed by atoms with Crippen molar-refractivity contribution < 1.29 is 14.7 Å². The lowest BCUT2D eigenvalue weighted by molar-refractivity contribution is -0.131. The molecule has 0 radical (unpaired) electrons. The normalized spacial score (nSPS) is 10.8. The molecule has 0 aliphatic rings. The zero-order valence-electron chi connectivity index (χ0n) is 9.29. The molecule has 98 valence electrons. The Morgan fingerprint density at radius 1 is 1.37 bits per heavy atom. The fourth-order valence-electron chi connectivity index (χ4n) is 1.17. The molecule has 19 heavy (non-hydrogen) atoms. The number of hydrogen-bond donors (Lipinski definition) is 2. The van der Waals surface area contributed by atoms with E-state index in [1.54, 1.807) is 12.1 Å². The van der Waals surface area contributed by atoms with E-state index < -0.39 is 5.97 Å². The van der Waals surface area contributed by atoms with Gasteiger partial charge in [-0.05, 0) is 18.2 Å². The molecule has 2 N–H and O–H groups in total. The lowest BCUT2D eigenvalue weighted by Gasteiger charge is -1.96. The van der Waals surface area contributed by atoms with E-state index in [0.717, 1.165) is 6.08 Å². The Bertz CT molecular complexity index is 648. The summed E-state index contributed by atoms with van der Waals surface area (Å²) in [4.78, 5) is 27.3. The highest BCUT2D eigenvalue weighted by Gasteiger charge is 2.10. The van der Waals surface area contributed by atoms with Crippen LogP contribution in [-0.2, 0) is 4.79 Å². The number of carbonyl (C=O) groups excluding carboxylic acids is 1. The Morgan fingerprint density at radius 2 is 2.16 bits per heavy atom. The van der Waals surface area contributed by atoms with E-state index in [9.17, 15) is 9.59 Å². The molecule has 0 aliphatic heterocycles. The van der Waals surface area contributed by atoms with Gasteiger partial charge in [-0.3, -0.25) is 10.1 Å². The van der Waals surface area contributed by atoms with Crippen molar-refractivity contribution in [1.82, 2.24) is 4.98 Å². The molecule has 0 aliphatic carbocycles. The van der Waals surface area contributed by atoms with Gasteiger partial charge >= 0.3 is 5.97 Å². The summed E-state index contributed by atoms with van der Waals surface area (Å²) in [5, 5.41) is 11.5. The van der Waals surface area contributed by atoms with Gasteiger partial charge in [-0.25, -0.2) is 9.78 Å². The maximum atomic E-state index is 11.8. The third kappa shape index (κ3) is 3.88. The molecule has 0 bridgehead atoms. The van der Waals surface area contributed by atoms with Gasteiger partial charge in [0, 0.05) is 17.2 Å². The maximum absolute atomic E-state index is 11.8. The van der Waals surface area contributed by atoms with Crippen LogP contribution in [0.3, 0.4) is 0 Å². The molecule has 0 saturated heterocycles. The summed E-state index contributed by atoms with van der Waals surface area (Å²) in [5.41, 5.74) is 0. The number of nitrogens with zero attached hydrogens (tertiary/aromatic N) is 1. The van der Waals surface area contributed by atoms with Gasteiger partial charge in [0.1, 0.15) is 0 Å². The van der Waals surface area contributed by atoms with Crippen molar-refractivity contribution >= 4 is 57.4 Å². The van der Waals surface area contributed by atoms with E-state index in [1.165, 1.54) is 34.9 Å². The molecule has 0 aromatic carbocycles. The number of carboxylic acid groups (broad SMARTS) is 1. The highest BCUT2D eigenvalue weighted by molar-refractivity contribution is 7.18. The van der Waals surface area contributed by atoms with Crippen LogP contribution in [0.4, 0.5) is 5.13 Å². The molecular formula is C11H7ClN2O3S2. The van der Waals surface area contributed by atoms with Crippen LogP contribution in [0.15, 0.2) is 24.4 Å². The summed E-state index contributed by atoms with van der Waals surface area (Å²) < 4.78 is 0.536. The Labute approximate surface area is 121 Å². The summed E-state index contributed by atoms with van der Waals surface area (Å²) in [6, 6.07) is 3.27. The van der Waals surface area contributed by atoms with Crippen LogP contribution in [0, 0.1) is 0 Å². The monoisotopic (exact) mass is 314 g/mol. The van der Waals surface area contributed by atoms with E-state index in [4.69, 9.17) is 16.7 Å². The molecule has 5 nitrogen and oxygen atoms in total. The number of carboxylic acids is 1. The number of thiazole rings is 1. The number of anilines is 1. The second kappa shape index (κ2) is 5.96. The van der Waals surface area contributed by atoms with Crippen LogP contribution in [0.1, 0.15) is 14.5 Å². The average Bonchev–Trinajstić information content (AvgIpc) is 2.95. The molecule has 2 rings (SSSR count). The lowest BCUT2D eigenvalue weighted by atomic mass is 10.4. The van der Waals surface area contributed by atoms with Gasteiger partial charge in [0.15, 0.2) is 5.13 Å². The summed E-state index contributed by atoms with van der Waals surface area (Å²) >= 11 is 8.10. The molecular weight excluding hydrogens is 308 g/mol. The number of carbonyl (C=O) groups is 2. The van der Waals surface area contributed by atoms with Gasteiger partial charge in [-0.15, -0.1) is 11.3 Å². The molecule has 2 heterocycles. The van der Waals surface area contributed by atoms with Crippen LogP contribution in [0.25, 0.3) is 6.08 Å². The minimum absolute atomic E-state index is 0.292. The number of hydrogen-bond acceptors (Lipinski definition) is 5. The van der Waals surface area contributed by atoms with Gasteiger partial charge < -0.3 is 5.11 Å². The molecule has 0 atom stereocenters. The van der Waals surface area contributed by atoms with Crippen molar-refractivity contribution in [2.45, 2.75) is 0 Å². The average molecular weight is 315 g/mol. The molecule has 2 aromatic rings. The number of aromatic nitrogens is 1. The Hall–Kier alpha value is -1.70. The topological polar surface area (TPSA) is 79.3 Å². The number of aliphatic carboxylic acids is 1. The van der Waals surface area contributed by atoms with Gasteiger partial charge in [-0.1, -0.05) is 22.9 Å². The fourth-order valence-corrected chi connectivity index (χ4v) is 2.82. The van der Waals surface area contributed by atoms with Crippen molar-refractivity contribution in [2.75, 3.05) is 5.32 Å². The molecule has 0 fully saturated rings. The van der Waals surface area contributed by atoms with Gasteiger partial charge in [0.05, 0.1) is 9.21 Å². The highest BCUT2D eigenvalue weighted by Crippen LogP contribution is 2.24. The van der Waals surface area contributed by atoms with E-state index in [2.05, 4.69) is 10.3 Å². The first-order valence-electron chi connectivity index (χ1n) is 4.98. The SMILES string of the molecule is O=C(O)C=Cc1cnc(NC(=O)c2ccc(Cl)s2)s1. The van der Waals surface area contributed by atoms with E-state index in [1.807, 2.05) is 0 Å². The van der Waals surface area contributed by atoms with Crippen LogP contribution < -0.4 is 5.32 Å². The van der Waals surface area contributed by atoms with Gasteiger partial charge in [0.25, 0.3) is 5.91 Å². The van der Waals surface area contributed by atoms with E-state index >= 15 is 0 Å². The van der Waals surface area contributed by atoms with Crippen molar-refractivity contribution in [1.29, 1.82) is 0 Å². The molecule has 8 heteroatoms. The molecule has 0 unspecified atom stereocenters. The highest BCUT2D eigenvalue weighted by atomic mass is 35.5. The zero-order valence-corrected chi connectivity index (χ0v) is 11.7. The predicted octanol–water partition coefficient (Wildman–Crippen LogP) is 3.21. The first-order chi connectivity index (χ1) is 9.04. The molecule has 2 aromatic heterocycles. The number of rotatable bonds is 4. The standard InChI is InChI=1S/C11H7ClN2O3S2/c12-8-3-2-7(19-8)10(17)14-11-13-5-6(18-11)1-4-9(15)16/h1-5H,(H,15,16)(H,13,14,17). The number of halogens is 1. The third-order valence-electron chi connectivity index (χ3n) is 1.93. The summed E-state index contributed by atoms with van der Waals surface area (Å²) in [6.45, 7) is 0. The minimum Gasteiger partial charge on any atom is -0.478 e. The van der Waals surface area contributed by atoms with Crippen molar-refractivity contribution in [3.63, 3.8) is 0 Å². The summed E-state index contributed by atoms with van der Waals surface area (Å²) in [7, 11) is 0. The van der Waals surface area contributed by atoms with Crippen LogP contribution in [0.5, 0.6) is 0 Å². The number of thiophene rings is 1. The Morgan fingerprint density at radius 3 is 2.79 bits per heavy atom. The van der Waals surface area contributed by atoms with E-state index in [0.29, 0.717) is 19.2 Å². The summed E-state index contributed by atoms with van der Waals surface area (Å²) in [6.07, 6.45) is 3.91. The minimum atomic E-state index is -1.03. The fraction of sp³-hybridized carbons (Fsp3) is 0. The second-order valence-electron chi connectivity index (χ2n) is 3.30. The molecule has 1 amide bonds. The smallest absolute Gasteiger partial charge is 0.328 e. The van der Waals surface area contributed by atoms with Crippen LogP contribution in [0.2, 0.25) is 4.34 Å². The first kappa shape index (κ1) is 13.7. The van der Waals surface area contributed by atoms with Crippen molar-refractivity contribution in [3.05, 3.63) is 38.5 Å². The number of amides is 1. The lowest BCUT2D eigenvalue weighted by Crippen LogP contribution is -2.09. The van der Waals surface area contributed by atoms with Crippen molar-refractivity contribution in [3.8, 4) is 0 Å². The third-order valence-corrected chi connectivity index (χ3v) is 4.04. The van der Waals surface area contributed by atoms with E-state index in [-0.39, 0.29) is 5.91 Å². The Balaban J connectivity index is 2.04. The molecule has 0 saturated carbocycles. The number of nitrogens with one attached hydrogen (secondary N) is 1. The van der Waals surface area contributed by atoms with Crippen molar-refractivity contribution in [2.24, 2.45) is 0 Å². The van der Waals surface area contributed by atoms with Crippen LogP contribution >= 0.6 is 34.3 Å². The summed E-state index contributed by atoms with van der Waals surface area (Å²) in [5.74, 6) is -1.33.